The van der Waals surface area contributed by atoms with Crippen LogP contribution in [0.3, 0.4) is 0 Å². The first-order valence-electron chi connectivity index (χ1n) is 8.43. The first-order valence-corrected chi connectivity index (χ1v) is 10.7. The SMILES string of the molecule is CC(C)[Si]1(CCCC(=O)O)C2=CC(=O)C=CC2=Nc2ccc(O)cc21. The molecule has 1 aromatic carbocycles. The first kappa shape index (κ1) is 17.4. The van der Waals surface area contributed by atoms with Crippen molar-refractivity contribution < 1.29 is 19.8 Å². The average Bonchev–Trinajstić information content (AvgIpc) is 2.54. The number of benzene rings is 1. The lowest BCUT2D eigenvalue weighted by Crippen LogP contribution is -2.56. The molecular weight excluding hydrogens is 334 g/mol. The summed E-state index contributed by atoms with van der Waals surface area (Å²) in [4.78, 5) is 27.8. The van der Waals surface area contributed by atoms with Crippen LogP contribution in [0, 0.1) is 0 Å². The highest BCUT2D eigenvalue weighted by Crippen LogP contribution is 2.41. The van der Waals surface area contributed by atoms with Gasteiger partial charge in [0.05, 0.1) is 11.4 Å². The molecule has 5 nitrogen and oxygen atoms in total. The van der Waals surface area contributed by atoms with E-state index < -0.39 is 14.0 Å². The van der Waals surface area contributed by atoms with Crippen LogP contribution in [0.5, 0.6) is 5.75 Å². The van der Waals surface area contributed by atoms with Gasteiger partial charge in [-0.1, -0.05) is 13.8 Å². The van der Waals surface area contributed by atoms with Crippen molar-refractivity contribution in [2.75, 3.05) is 0 Å². The fraction of sp³-hybridized carbons (Fsp3) is 0.316. The number of rotatable bonds is 5. The number of aliphatic carboxylic acids is 1. The zero-order chi connectivity index (χ0) is 18.2. The Kier molecular flexibility index (Phi) is 4.47. The number of aliphatic imine (C=N–C) groups is 1. The number of carbonyl (C=O) groups is 2. The van der Waals surface area contributed by atoms with Gasteiger partial charge in [-0.05, 0) is 64.8 Å². The molecule has 0 amide bonds. The number of carboxylic acid groups (broad SMARTS) is 1. The molecule has 6 heteroatoms. The number of phenolic OH excluding ortho intramolecular Hbond substituents is 1. The Bertz CT molecular complexity index is 838. The molecule has 1 unspecified atom stereocenters. The minimum Gasteiger partial charge on any atom is -0.508 e. The summed E-state index contributed by atoms with van der Waals surface area (Å²) in [5, 5.41) is 21.0. The fourth-order valence-electron chi connectivity index (χ4n) is 3.92. The Morgan fingerprint density at radius 3 is 2.72 bits per heavy atom. The maximum absolute atomic E-state index is 12.0. The van der Waals surface area contributed by atoms with Crippen LogP contribution in [0.25, 0.3) is 0 Å². The molecular formula is C19H21NO4Si. The normalized spacial score (nSPS) is 21.5. The number of carbonyl (C=O) groups excluding carboxylic acids is 1. The summed E-state index contributed by atoms with van der Waals surface area (Å²) < 4.78 is 0. The molecule has 0 spiro atoms. The molecule has 0 fully saturated rings. The number of hydrogen-bond donors (Lipinski definition) is 2. The summed E-state index contributed by atoms with van der Waals surface area (Å²) in [6.45, 7) is 4.24. The Morgan fingerprint density at radius 1 is 1.28 bits per heavy atom. The van der Waals surface area contributed by atoms with E-state index in [2.05, 4.69) is 18.8 Å². The van der Waals surface area contributed by atoms with Gasteiger partial charge in [-0.3, -0.25) is 9.59 Å². The highest BCUT2D eigenvalue weighted by molar-refractivity contribution is 7.03. The summed E-state index contributed by atoms with van der Waals surface area (Å²) in [6.07, 6.45) is 5.58. The van der Waals surface area contributed by atoms with Crippen molar-refractivity contribution in [1.29, 1.82) is 0 Å². The van der Waals surface area contributed by atoms with Crippen LogP contribution < -0.4 is 5.19 Å². The van der Waals surface area contributed by atoms with E-state index in [4.69, 9.17) is 5.11 Å². The average molecular weight is 355 g/mol. The molecule has 0 bridgehead atoms. The molecule has 0 radical (unpaired) electrons. The first-order chi connectivity index (χ1) is 11.8. The van der Waals surface area contributed by atoms with Gasteiger partial charge in [0, 0.05) is 6.42 Å². The number of nitrogens with zero attached hydrogens (tertiary/aromatic N) is 1. The van der Waals surface area contributed by atoms with Crippen molar-refractivity contribution in [1.82, 2.24) is 0 Å². The highest BCUT2D eigenvalue weighted by Gasteiger charge is 2.47. The summed E-state index contributed by atoms with van der Waals surface area (Å²) in [6, 6.07) is 5.89. The Hall–Kier alpha value is -2.47. The molecule has 25 heavy (non-hydrogen) atoms. The molecule has 0 saturated carbocycles. The summed E-state index contributed by atoms with van der Waals surface area (Å²) in [5.74, 6) is -0.706. The number of aromatic hydroxyl groups is 1. The maximum atomic E-state index is 12.0. The van der Waals surface area contributed by atoms with Crippen LogP contribution in [-0.2, 0) is 9.59 Å². The van der Waals surface area contributed by atoms with Crippen LogP contribution in [0.2, 0.25) is 11.6 Å². The largest absolute Gasteiger partial charge is 0.508 e. The minimum atomic E-state index is -2.45. The van der Waals surface area contributed by atoms with Crippen LogP contribution in [-0.4, -0.2) is 35.8 Å². The number of phenols is 1. The van der Waals surface area contributed by atoms with Gasteiger partial charge in [0.25, 0.3) is 0 Å². The highest BCUT2D eigenvalue weighted by atomic mass is 28.3. The molecule has 0 aromatic heterocycles. The zero-order valence-electron chi connectivity index (χ0n) is 14.3. The van der Waals surface area contributed by atoms with Crippen molar-refractivity contribution in [3.05, 3.63) is 41.6 Å². The van der Waals surface area contributed by atoms with Gasteiger partial charge >= 0.3 is 5.97 Å². The van der Waals surface area contributed by atoms with Crippen LogP contribution in [0.15, 0.2) is 46.6 Å². The van der Waals surface area contributed by atoms with E-state index in [1.54, 1.807) is 30.4 Å². The second-order valence-corrected chi connectivity index (χ2v) is 11.5. The second kappa shape index (κ2) is 6.44. The second-order valence-electron chi connectivity index (χ2n) is 6.87. The minimum absolute atomic E-state index is 0.0617. The lowest BCUT2D eigenvalue weighted by atomic mass is 10.1. The lowest BCUT2D eigenvalue weighted by Gasteiger charge is -2.42. The standard InChI is InChI=1S/C19H21NO4Si/c1-12(2)25(9-3-4-19(23)24)17-10-13(21)5-7-15(17)20-16-8-6-14(22)11-18(16)25/h5-8,10-12,21H,3-4,9H2,1-2H3,(H,23,24). The van der Waals surface area contributed by atoms with Gasteiger partial charge in [-0.2, -0.15) is 0 Å². The topological polar surface area (TPSA) is 87.0 Å². The summed E-state index contributed by atoms with van der Waals surface area (Å²) in [5.41, 5.74) is 1.85. The van der Waals surface area contributed by atoms with Crippen LogP contribution in [0.4, 0.5) is 5.69 Å². The summed E-state index contributed by atoms with van der Waals surface area (Å²) in [7, 11) is -2.45. The van der Waals surface area contributed by atoms with Crippen molar-refractivity contribution >= 4 is 36.4 Å². The van der Waals surface area contributed by atoms with Gasteiger partial charge in [0.15, 0.2) is 5.78 Å². The molecule has 1 atom stereocenters. The van der Waals surface area contributed by atoms with Gasteiger partial charge < -0.3 is 10.2 Å². The Labute approximate surface area is 147 Å². The quantitative estimate of drug-likeness (QED) is 0.628. The van der Waals surface area contributed by atoms with Crippen molar-refractivity contribution in [3.8, 4) is 5.75 Å². The van der Waals surface area contributed by atoms with E-state index in [1.807, 2.05) is 0 Å². The molecule has 1 aromatic rings. The van der Waals surface area contributed by atoms with E-state index >= 15 is 0 Å². The number of allylic oxidation sites excluding steroid dienone is 4. The third kappa shape index (κ3) is 2.97. The van der Waals surface area contributed by atoms with E-state index in [-0.39, 0.29) is 23.5 Å². The smallest absolute Gasteiger partial charge is 0.303 e. The number of carboxylic acids is 1. The van der Waals surface area contributed by atoms with Crippen molar-refractivity contribution in [2.45, 2.75) is 38.3 Å². The Morgan fingerprint density at radius 2 is 2.04 bits per heavy atom. The van der Waals surface area contributed by atoms with Gasteiger partial charge in [-0.15, -0.1) is 0 Å². The van der Waals surface area contributed by atoms with E-state index in [0.717, 1.165) is 21.8 Å². The molecule has 2 N–H and O–H groups in total. The molecule has 0 saturated heterocycles. The zero-order valence-corrected chi connectivity index (χ0v) is 15.3. The van der Waals surface area contributed by atoms with Gasteiger partial charge in [0.2, 0.25) is 0 Å². The Balaban J connectivity index is 2.21. The van der Waals surface area contributed by atoms with Gasteiger partial charge in [-0.25, -0.2) is 4.99 Å². The third-order valence-corrected chi connectivity index (χ3v) is 10.9. The van der Waals surface area contributed by atoms with E-state index in [1.165, 1.54) is 6.08 Å². The third-order valence-electron chi connectivity index (χ3n) is 5.10. The van der Waals surface area contributed by atoms with Crippen LogP contribution in [0.1, 0.15) is 26.7 Å². The predicted octanol–water partition coefficient (Wildman–Crippen LogP) is 3.01. The van der Waals surface area contributed by atoms with Gasteiger partial charge in [0.1, 0.15) is 13.8 Å². The number of hydrogen-bond acceptors (Lipinski definition) is 4. The molecule has 130 valence electrons. The number of fused-ring (bicyclic) bond motifs is 2. The lowest BCUT2D eigenvalue weighted by molar-refractivity contribution is -0.137. The van der Waals surface area contributed by atoms with E-state index in [0.29, 0.717) is 12.5 Å². The predicted molar refractivity (Wildman–Crippen MR) is 99.6 cm³/mol. The molecule has 3 rings (SSSR count). The maximum Gasteiger partial charge on any atom is 0.303 e. The molecule has 1 heterocycles. The van der Waals surface area contributed by atoms with E-state index in [9.17, 15) is 14.7 Å². The molecule has 1 aliphatic carbocycles. The van der Waals surface area contributed by atoms with Crippen molar-refractivity contribution in [2.24, 2.45) is 4.99 Å². The molecule has 2 aliphatic rings. The fourth-order valence-corrected chi connectivity index (χ4v) is 9.30. The monoisotopic (exact) mass is 355 g/mol. The molecule has 1 aliphatic heterocycles. The van der Waals surface area contributed by atoms with Crippen molar-refractivity contribution in [3.63, 3.8) is 0 Å². The van der Waals surface area contributed by atoms with Crippen LogP contribution >= 0.6 is 0 Å². The summed E-state index contributed by atoms with van der Waals surface area (Å²) >= 11 is 0. The number of ketones is 1.